The van der Waals surface area contributed by atoms with Crippen molar-refractivity contribution in [3.05, 3.63) is 59.4 Å². The predicted octanol–water partition coefficient (Wildman–Crippen LogP) is 3.70. The Kier molecular flexibility index (Phi) is 6.95. The molecule has 3 aromatic rings. The highest BCUT2D eigenvalue weighted by Gasteiger charge is 2.22. The zero-order valence-corrected chi connectivity index (χ0v) is 16.7. The first-order chi connectivity index (χ1) is 13.2. The Morgan fingerprint density at radius 3 is 2.85 bits per heavy atom. The van der Waals surface area contributed by atoms with E-state index in [4.69, 9.17) is 4.42 Å². The van der Waals surface area contributed by atoms with Crippen molar-refractivity contribution in [3.8, 4) is 0 Å². The molecule has 2 aromatic heterocycles. The third kappa shape index (κ3) is 5.14. The number of nitrogens with one attached hydrogen (secondary N) is 2. The molecule has 2 N–H and O–H groups in total. The van der Waals surface area contributed by atoms with E-state index < -0.39 is 6.04 Å². The van der Waals surface area contributed by atoms with Crippen molar-refractivity contribution >= 4 is 45.0 Å². The SMILES string of the molecule is CSCCC(NC(=O)c1ccco1)C(=O)NCCc1csc2ccccc12. The highest BCUT2D eigenvalue weighted by Crippen LogP contribution is 2.25. The lowest BCUT2D eigenvalue weighted by molar-refractivity contribution is -0.122. The van der Waals surface area contributed by atoms with Gasteiger partial charge in [0.25, 0.3) is 5.91 Å². The second-order valence-corrected chi connectivity index (χ2v) is 7.98. The maximum Gasteiger partial charge on any atom is 0.287 e. The normalized spacial score (nSPS) is 12.0. The summed E-state index contributed by atoms with van der Waals surface area (Å²) in [6, 6.07) is 10.9. The number of fused-ring (bicyclic) bond motifs is 1. The number of rotatable bonds is 9. The minimum atomic E-state index is -0.575. The van der Waals surface area contributed by atoms with Gasteiger partial charge in [-0.05, 0) is 59.4 Å². The van der Waals surface area contributed by atoms with Crippen molar-refractivity contribution < 1.29 is 14.0 Å². The maximum absolute atomic E-state index is 12.6. The van der Waals surface area contributed by atoms with Crippen molar-refractivity contribution in [1.82, 2.24) is 10.6 Å². The Morgan fingerprint density at radius 1 is 1.22 bits per heavy atom. The Bertz CT molecular complexity index is 890. The average Bonchev–Trinajstić information content (AvgIpc) is 3.35. The third-order valence-corrected chi connectivity index (χ3v) is 5.89. The molecule has 0 aliphatic carbocycles. The van der Waals surface area contributed by atoms with Crippen molar-refractivity contribution in [2.75, 3.05) is 18.6 Å². The molecule has 2 heterocycles. The number of thiophene rings is 1. The standard InChI is InChI=1S/C20H22N2O3S2/c1-26-12-9-16(22-20(24)17-6-4-11-25-17)19(23)21-10-8-14-13-27-18-7-3-2-5-15(14)18/h2-7,11,13,16H,8-10,12H2,1H3,(H,21,23)(H,22,24). The number of hydrogen-bond donors (Lipinski definition) is 2. The molecule has 0 saturated heterocycles. The Hall–Kier alpha value is -2.25. The lowest BCUT2D eigenvalue weighted by Crippen LogP contribution is -2.47. The molecule has 0 fully saturated rings. The smallest absolute Gasteiger partial charge is 0.287 e. The molecule has 142 valence electrons. The van der Waals surface area contributed by atoms with Gasteiger partial charge >= 0.3 is 0 Å². The van der Waals surface area contributed by atoms with Gasteiger partial charge in [-0.25, -0.2) is 0 Å². The second-order valence-electron chi connectivity index (χ2n) is 6.08. The first-order valence-corrected chi connectivity index (χ1v) is 11.0. The van der Waals surface area contributed by atoms with Crippen LogP contribution in [0.1, 0.15) is 22.5 Å². The molecule has 1 unspecified atom stereocenters. The molecular formula is C20H22N2O3S2. The van der Waals surface area contributed by atoms with E-state index in [1.807, 2.05) is 18.4 Å². The van der Waals surface area contributed by atoms with Crippen LogP contribution in [-0.4, -0.2) is 36.4 Å². The van der Waals surface area contributed by atoms with Crippen LogP contribution in [0.15, 0.2) is 52.5 Å². The van der Waals surface area contributed by atoms with Crippen LogP contribution in [0.5, 0.6) is 0 Å². The highest BCUT2D eigenvalue weighted by atomic mass is 32.2. The molecule has 27 heavy (non-hydrogen) atoms. The van der Waals surface area contributed by atoms with Crippen LogP contribution in [-0.2, 0) is 11.2 Å². The van der Waals surface area contributed by atoms with Crippen LogP contribution in [0.3, 0.4) is 0 Å². The summed E-state index contributed by atoms with van der Waals surface area (Å²) in [5, 5.41) is 9.11. The second kappa shape index (κ2) is 9.62. The van der Waals surface area contributed by atoms with Crippen molar-refractivity contribution in [2.45, 2.75) is 18.9 Å². The minimum Gasteiger partial charge on any atom is -0.459 e. The number of carbonyl (C=O) groups excluding carboxylic acids is 2. The van der Waals surface area contributed by atoms with Gasteiger partial charge in [-0.15, -0.1) is 11.3 Å². The first kappa shape index (κ1) is 19.5. The maximum atomic E-state index is 12.6. The molecule has 3 rings (SSSR count). The number of hydrogen-bond acceptors (Lipinski definition) is 5. The van der Waals surface area contributed by atoms with Gasteiger partial charge in [-0.1, -0.05) is 18.2 Å². The summed E-state index contributed by atoms with van der Waals surface area (Å²) in [5.41, 5.74) is 1.23. The van der Waals surface area contributed by atoms with E-state index in [1.165, 1.54) is 21.9 Å². The van der Waals surface area contributed by atoms with Crippen LogP contribution in [0, 0.1) is 0 Å². The van der Waals surface area contributed by atoms with Gasteiger partial charge in [0, 0.05) is 11.2 Å². The summed E-state index contributed by atoms with van der Waals surface area (Å²) < 4.78 is 6.36. The molecule has 7 heteroatoms. The van der Waals surface area contributed by atoms with E-state index >= 15 is 0 Å². The monoisotopic (exact) mass is 402 g/mol. The van der Waals surface area contributed by atoms with Crippen LogP contribution in [0.4, 0.5) is 0 Å². The molecule has 0 aliphatic rings. The van der Waals surface area contributed by atoms with E-state index in [-0.39, 0.29) is 17.6 Å². The molecular weight excluding hydrogens is 380 g/mol. The van der Waals surface area contributed by atoms with Crippen LogP contribution >= 0.6 is 23.1 Å². The lowest BCUT2D eigenvalue weighted by atomic mass is 10.1. The minimum absolute atomic E-state index is 0.163. The van der Waals surface area contributed by atoms with E-state index in [1.54, 1.807) is 35.2 Å². The largest absolute Gasteiger partial charge is 0.459 e. The van der Waals surface area contributed by atoms with E-state index in [0.29, 0.717) is 13.0 Å². The van der Waals surface area contributed by atoms with Crippen LogP contribution < -0.4 is 10.6 Å². The van der Waals surface area contributed by atoms with Gasteiger partial charge in [0.2, 0.25) is 5.91 Å². The molecule has 0 spiro atoms. The fourth-order valence-corrected chi connectivity index (χ4v) is 4.28. The van der Waals surface area contributed by atoms with Crippen LogP contribution in [0.25, 0.3) is 10.1 Å². The molecule has 1 aromatic carbocycles. The Balaban J connectivity index is 1.56. The predicted molar refractivity (Wildman–Crippen MR) is 111 cm³/mol. The summed E-state index contributed by atoms with van der Waals surface area (Å²) in [7, 11) is 0. The van der Waals surface area contributed by atoms with Crippen molar-refractivity contribution in [2.24, 2.45) is 0 Å². The van der Waals surface area contributed by atoms with Crippen molar-refractivity contribution in [3.63, 3.8) is 0 Å². The van der Waals surface area contributed by atoms with Gasteiger partial charge in [0.1, 0.15) is 6.04 Å². The van der Waals surface area contributed by atoms with Gasteiger partial charge in [-0.3, -0.25) is 9.59 Å². The Morgan fingerprint density at radius 2 is 2.07 bits per heavy atom. The van der Waals surface area contributed by atoms with Gasteiger partial charge in [0.05, 0.1) is 6.26 Å². The molecule has 1 atom stereocenters. The Labute approximate surface area is 166 Å². The number of furan rings is 1. The third-order valence-electron chi connectivity index (χ3n) is 4.23. The topological polar surface area (TPSA) is 71.3 Å². The summed E-state index contributed by atoms with van der Waals surface area (Å²) >= 11 is 3.36. The highest BCUT2D eigenvalue weighted by molar-refractivity contribution is 7.98. The molecule has 5 nitrogen and oxygen atoms in total. The van der Waals surface area contributed by atoms with Gasteiger partial charge in [0.15, 0.2) is 5.76 Å². The summed E-state index contributed by atoms with van der Waals surface area (Å²) in [6.45, 7) is 0.534. The fraction of sp³-hybridized carbons (Fsp3) is 0.300. The number of carbonyl (C=O) groups is 2. The van der Waals surface area contributed by atoms with Crippen LogP contribution in [0.2, 0.25) is 0 Å². The molecule has 0 aliphatic heterocycles. The zero-order valence-electron chi connectivity index (χ0n) is 15.1. The average molecular weight is 403 g/mol. The molecule has 0 radical (unpaired) electrons. The quantitative estimate of drug-likeness (QED) is 0.572. The summed E-state index contributed by atoms with van der Waals surface area (Å²) in [6.07, 6.45) is 4.75. The van der Waals surface area contributed by atoms with Gasteiger partial charge < -0.3 is 15.1 Å². The fourth-order valence-electron chi connectivity index (χ4n) is 2.81. The van der Waals surface area contributed by atoms with E-state index in [0.717, 1.165) is 12.2 Å². The zero-order chi connectivity index (χ0) is 19.1. The van der Waals surface area contributed by atoms with Gasteiger partial charge in [-0.2, -0.15) is 11.8 Å². The lowest BCUT2D eigenvalue weighted by Gasteiger charge is -2.17. The number of thioether (sulfide) groups is 1. The number of benzene rings is 1. The summed E-state index contributed by atoms with van der Waals surface area (Å²) in [5.74, 6) is 0.460. The van der Waals surface area contributed by atoms with E-state index in [9.17, 15) is 9.59 Å². The molecule has 0 bridgehead atoms. The number of amides is 2. The molecule has 2 amide bonds. The first-order valence-electron chi connectivity index (χ1n) is 8.75. The van der Waals surface area contributed by atoms with E-state index in [2.05, 4.69) is 28.1 Å². The molecule has 0 saturated carbocycles. The summed E-state index contributed by atoms with van der Waals surface area (Å²) in [4.78, 5) is 24.8. The van der Waals surface area contributed by atoms with Crippen molar-refractivity contribution in [1.29, 1.82) is 0 Å².